The molecule has 1 aromatic carbocycles. The van der Waals surface area contributed by atoms with Gasteiger partial charge in [0.15, 0.2) is 0 Å². The van der Waals surface area contributed by atoms with Gasteiger partial charge in [-0.15, -0.1) is 0 Å². The zero-order valence-corrected chi connectivity index (χ0v) is 10.6. The van der Waals surface area contributed by atoms with E-state index >= 15 is 0 Å². The summed E-state index contributed by atoms with van der Waals surface area (Å²) in [5.41, 5.74) is 4.99. The standard InChI is InChI=1S/C13H16N4O2/c1-19-11-4-2-3-10-9(11)5-6-15-12(10)16-7-8-17-13(14)18/h2-6H,7-8H2,1H3,(H,15,16)(H3,14,17,18). The molecule has 0 saturated heterocycles. The number of rotatable bonds is 5. The summed E-state index contributed by atoms with van der Waals surface area (Å²) in [6.45, 7) is 0.990. The Morgan fingerprint density at radius 2 is 2.16 bits per heavy atom. The van der Waals surface area contributed by atoms with Crippen molar-refractivity contribution in [2.24, 2.45) is 5.73 Å². The molecule has 4 N–H and O–H groups in total. The van der Waals surface area contributed by atoms with Crippen LogP contribution in [-0.4, -0.2) is 31.2 Å². The molecule has 0 radical (unpaired) electrons. The molecule has 2 rings (SSSR count). The van der Waals surface area contributed by atoms with Crippen molar-refractivity contribution in [3.05, 3.63) is 30.5 Å². The Kier molecular flexibility index (Phi) is 4.02. The second kappa shape index (κ2) is 5.90. The number of pyridine rings is 1. The molecule has 6 heteroatoms. The van der Waals surface area contributed by atoms with Crippen LogP contribution in [0.15, 0.2) is 30.5 Å². The van der Waals surface area contributed by atoms with Gasteiger partial charge in [0.05, 0.1) is 7.11 Å². The van der Waals surface area contributed by atoms with E-state index in [4.69, 9.17) is 10.5 Å². The average molecular weight is 260 g/mol. The summed E-state index contributed by atoms with van der Waals surface area (Å²) in [4.78, 5) is 14.8. The highest BCUT2D eigenvalue weighted by molar-refractivity contribution is 5.95. The number of fused-ring (bicyclic) bond motifs is 1. The quantitative estimate of drug-likeness (QED) is 0.707. The number of urea groups is 1. The van der Waals surface area contributed by atoms with Crippen LogP contribution < -0.4 is 21.1 Å². The van der Waals surface area contributed by atoms with Crippen LogP contribution in [0.3, 0.4) is 0 Å². The molecule has 0 saturated carbocycles. The van der Waals surface area contributed by atoms with Crippen LogP contribution in [0.2, 0.25) is 0 Å². The molecule has 0 fully saturated rings. The van der Waals surface area contributed by atoms with Gasteiger partial charge in [-0.2, -0.15) is 0 Å². The molecule has 100 valence electrons. The maximum Gasteiger partial charge on any atom is 0.312 e. The zero-order valence-electron chi connectivity index (χ0n) is 10.6. The lowest BCUT2D eigenvalue weighted by atomic mass is 10.1. The summed E-state index contributed by atoms with van der Waals surface area (Å²) in [5, 5.41) is 7.63. The summed E-state index contributed by atoms with van der Waals surface area (Å²) in [6, 6.07) is 7.15. The van der Waals surface area contributed by atoms with Crippen LogP contribution in [-0.2, 0) is 0 Å². The average Bonchev–Trinajstić information content (AvgIpc) is 2.42. The van der Waals surface area contributed by atoms with Crippen molar-refractivity contribution in [1.29, 1.82) is 0 Å². The summed E-state index contributed by atoms with van der Waals surface area (Å²) < 4.78 is 5.31. The number of aromatic nitrogens is 1. The number of primary amides is 1. The number of hydrogen-bond acceptors (Lipinski definition) is 4. The third kappa shape index (κ3) is 3.04. The van der Waals surface area contributed by atoms with Crippen molar-refractivity contribution in [3.8, 4) is 5.75 Å². The highest BCUT2D eigenvalue weighted by Gasteiger charge is 2.05. The van der Waals surface area contributed by atoms with Crippen LogP contribution >= 0.6 is 0 Å². The monoisotopic (exact) mass is 260 g/mol. The smallest absolute Gasteiger partial charge is 0.312 e. The van der Waals surface area contributed by atoms with Crippen molar-refractivity contribution in [2.75, 3.05) is 25.5 Å². The van der Waals surface area contributed by atoms with Gasteiger partial charge in [0, 0.05) is 30.1 Å². The summed E-state index contributed by atoms with van der Waals surface area (Å²) in [7, 11) is 1.64. The van der Waals surface area contributed by atoms with E-state index in [1.54, 1.807) is 13.3 Å². The number of ether oxygens (including phenoxy) is 1. The topological polar surface area (TPSA) is 89.3 Å². The Morgan fingerprint density at radius 1 is 1.32 bits per heavy atom. The van der Waals surface area contributed by atoms with Crippen molar-refractivity contribution in [3.63, 3.8) is 0 Å². The van der Waals surface area contributed by atoms with Crippen LogP contribution in [0, 0.1) is 0 Å². The molecular formula is C13H16N4O2. The van der Waals surface area contributed by atoms with E-state index in [0.717, 1.165) is 22.3 Å². The van der Waals surface area contributed by atoms with Crippen LogP contribution in [0.4, 0.5) is 10.6 Å². The van der Waals surface area contributed by atoms with Crippen molar-refractivity contribution < 1.29 is 9.53 Å². The fourth-order valence-corrected chi connectivity index (χ4v) is 1.86. The molecule has 0 aliphatic carbocycles. The van der Waals surface area contributed by atoms with Gasteiger partial charge in [-0.1, -0.05) is 12.1 Å². The summed E-state index contributed by atoms with van der Waals surface area (Å²) in [5.74, 6) is 1.56. The van der Waals surface area contributed by atoms with Gasteiger partial charge in [0.25, 0.3) is 0 Å². The first-order valence-electron chi connectivity index (χ1n) is 5.91. The Balaban J connectivity index is 2.17. The molecule has 0 atom stereocenters. The molecule has 0 unspecified atom stereocenters. The Morgan fingerprint density at radius 3 is 2.89 bits per heavy atom. The third-order valence-corrected chi connectivity index (χ3v) is 2.70. The number of anilines is 1. The number of benzene rings is 1. The minimum atomic E-state index is -0.533. The molecule has 2 amide bonds. The first-order chi connectivity index (χ1) is 9.22. The van der Waals surface area contributed by atoms with Gasteiger partial charge in [-0.25, -0.2) is 9.78 Å². The first-order valence-corrected chi connectivity index (χ1v) is 5.91. The van der Waals surface area contributed by atoms with E-state index in [9.17, 15) is 4.79 Å². The Hall–Kier alpha value is -2.50. The number of nitrogens with two attached hydrogens (primary N) is 1. The number of carbonyl (C=O) groups excluding carboxylic acids is 1. The lowest BCUT2D eigenvalue weighted by molar-refractivity contribution is 0.249. The summed E-state index contributed by atoms with van der Waals surface area (Å²) >= 11 is 0. The van der Waals surface area contributed by atoms with Gasteiger partial charge in [0.2, 0.25) is 0 Å². The predicted molar refractivity (Wildman–Crippen MR) is 74.4 cm³/mol. The van der Waals surface area contributed by atoms with E-state index in [-0.39, 0.29) is 0 Å². The molecule has 19 heavy (non-hydrogen) atoms. The molecule has 2 aromatic rings. The van der Waals surface area contributed by atoms with Crippen molar-refractivity contribution in [2.45, 2.75) is 0 Å². The number of hydrogen-bond donors (Lipinski definition) is 3. The molecule has 1 heterocycles. The van der Waals surface area contributed by atoms with Crippen LogP contribution in [0.1, 0.15) is 0 Å². The Bertz CT molecular complexity index is 586. The van der Waals surface area contributed by atoms with Crippen LogP contribution in [0.25, 0.3) is 10.8 Å². The summed E-state index contributed by atoms with van der Waals surface area (Å²) in [6.07, 6.45) is 1.72. The lowest BCUT2D eigenvalue weighted by Crippen LogP contribution is -2.33. The maximum absolute atomic E-state index is 10.6. The molecule has 0 bridgehead atoms. The van der Waals surface area contributed by atoms with E-state index in [1.807, 2.05) is 24.3 Å². The normalized spacial score (nSPS) is 10.2. The first kappa shape index (κ1) is 12.9. The minimum absolute atomic E-state index is 0.442. The van der Waals surface area contributed by atoms with Crippen molar-refractivity contribution in [1.82, 2.24) is 10.3 Å². The highest BCUT2D eigenvalue weighted by atomic mass is 16.5. The highest BCUT2D eigenvalue weighted by Crippen LogP contribution is 2.28. The SMILES string of the molecule is COc1cccc2c(NCCNC(N)=O)nccc12. The van der Waals surface area contributed by atoms with Gasteiger partial charge < -0.3 is 21.1 Å². The fourth-order valence-electron chi connectivity index (χ4n) is 1.86. The van der Waals surface area contributed by atoms with E-state index < -0.39 is 6.03 Å². The lowest BCUT2D eigenvalue weighted by Gasteiger charge is -2.10. The molecular weight excluding hydrogens is 244 g/mol. The molecule has 0 aliphatic rings. The van der Waals surface area contributed by atoms with Gasteiger partial charge in [0.1, 0.15) is 11.6 Å². The molecule has 6 nitrogen and oxygen atoms in total. The predicted octanol–water partition coefficient (Wildman–Crippen LogP) is 1.32. The Labute approximate surface area is 111 Å². The molecule has 0 aliphatic heterocycles. The molecule has 1 aromatic heterocycles. The third-order valence-electron chi connectivity index (χ3n) is 2.70. The van der Waals surface area contributed by atoms with E-state index in [1.165, 1.54) is 0 Å². The maximum atomic E-state index is 10.6. The molecule has 0 spiro atoms. The number of amides is 2. The largest absolute Gasteiger partial charge is 0.496 e. The van der Waals surface area contributed by atoms with E-state index in [0.29, 0.717) is 13.1 Å². The fraction of sp³-hybridized carbons (Fsp3) is 0.231. The minimum Gasteiger partial charge on any atom is -0.496 e. The second-order valence-electron chi connectivity index (χ2n) is 3.93. The van der Waals surface area contributed by atoms with Gasteiger partial charge in [-0.3, -0.25) is 0 Å². The van der Waals surface area contributed by atoms with Crippen molar-refractivity contribution >= 4 is 22.6 Å². The zero-order chi connectivity index (χ0) is 13.7. The van der Waals surface area contributed by atoms with Gasteiger partial charge >= 0.3 is 6.03 Å². The van der Waals surface area contributed by atoms with E-state index in [2.05, 4.69) is 15.6 Å². The van der Waals surface area contributed by atoms with Gasteiger partial charge in [-0.05, 0) is 12.1 Å². The second-order valence-corrected chi connectivity index (χ2v) is 3.93. The number of nitrogens with zero attached hydrogens (tertiary/aromatic N) is 1. The number of nitrogens with one attached hydrogen (secondary N) is 2. The number of carbonyl (C=O) groups is 1. The number of methoxy groups -OCH3 is 1. The van der Waals surface area contributed by atoms with Crippen LogP contribution in [0.5, 0.6) is 5.75 Å².